The van der Waals surface area contributed by atoms with E-state index in [0.717, 1.165) is 19.4 Å². The van der Waals surface area contributed by atoms with Gasteiger partial charge < -0.3 is 9.64 Å². The predicted molar refractivity (Wildman–Crippen MR) is 83.5 cm³/mol. The van der Waals surface area contributed by atoms with Crippen molar-refractivity contribution in [3.8, 4) is 0 Å². The van der Waals surface area contributed by atoms with Crippen molar-refractivity contribution in [3.05, 3.63) is 35.9 Å². The summed E-state index contributed by atoms with van der Waals surface area (Å²) in [5.74, 6) is 0.137. The Balaban J connectivity index is 1.80. The van der Waals surface area contributed by atoms with Gasteiger partial charge >= 0.3 is 0 Å². The van der Waals surface area contributed by atoms with Crippen LogP contribution in [0.4, 0.5) is 0 Å². The van der Waals surface area contributed by atoms with Gasteiger partial charge in [-0.15, -0.1) is 0 Å². The molecule has 2 heterocycles. The molecule has 0 aromatic heterocycles. The van der Waals surface area contributed by atoms with Crippen LogP contribution in [0.1, 0.15) is 29.6 Å². The Labute approximate surface area is 131 Å². The molecule has 3 rings (SSSR count). The minimum atomic E-state index is -3.02. The fraction of sp³-hybridized carbons (Fsp3) is 0.562. The van der Waals surface area contributed by atoms with Crippen LogP contribution < -0.4 is 0 Å². The zero-order valence-electron chi connectivity index (χ0n) is 12.5. The van der Waals surface area contributed by atoms with Crippen LogP contribution in [-0.4, -0.2) is 56.0 Å². The lowest BCUT2D eigenvalue weighted by molar-refractivity contribution is 0.0441. The number of rotatable bonds is 4. The summed E-state index contributed by atoms with van der Waals surface area (Å²) in [6.07, 6.45) is 2.48. The number of nitrogens with zero attached hydrogens (tertiary/aromatic N) is 1. The Morgan fingerprint density at radius 1 is 1.23 bits per heavy atom. The average Bonchev–Trinajstić information content (AvgIpc) is 3.14. The van der Waals surface area contributed by atoms with Crippen LogP contribution >= 0.6 is 0 Å². The molecule has 0 aliphatic carbocycles. The third-order valence-electron chi connectivity index (χ3n) is 4.36. The Morgan fingerprint density at radius 3 is 2.59 bits per heavy atom. The normalized spacial score (nSPS) is 26.9. The second-order valence-corrected chi connectivity index (χ2v) is 8.24. The monoisotopic (exact) mass is 323 g/mol. The highest BCUT2D eigenvalue weighted by molar-refractivity contribution is 7.91. The lowest BCUT2D eigenvalue weighted by Gasteiger charge is -2.30. The highest BCUT2D eigenvalue weighted by atomic mass is 32.2. The summed E-state index contributed by atoms with van der Waals surface area (Å²) in [5.41, 5.74) is 0.602. The number of benzene rings is 1. The molecule has 6 heteroatoms. The van der Waals surface area contributed by atoms with E-state index in [1.54, 1.807) is 17.0 Å². The minimum Gasteiger partial charge on any atom is -0.376 e. The first-order valence-electron chi connectivity index (χ1n) is 7.73. The Hall–Kier alpha value is -1.40. The smallest absolute Gasteiger partial charge is 0.254 e. The fourth-order valence-corrected chi connectivity index (χ4v) is 4.90. The molecular weight excluding hydrogens is 302 g/mol. The maximum atomic E-state index is 12.8. The van der Waals surface area contributed by atoms with Gasteiger partial charge in [0.2, 0.25) is 0 Å². The SMILES string of the molecule is O=C(c1ccccc1)N(CC1CCCO1)C1CCS(=O)(=O)C1. The molecule has 2 aliphatic heterocycles. The number of hydrogen-bond donors (Lipinski definition) is 0. The van der Waals surface area contributed by atoms with Crippen LogP contribution in [0, 0.1) is 0 Å². The number of ether oxygens (including phenoxy) is 1. The molecule has 2 saturated heterocycles. The highest BCUT2D eigenvalue weighted by Crippen LogP contribution is 2.23. The summed E-state index contributed by atoms with van der Waals surface area (Å²) in [4.78, 5) is 14.5. The first kappa shape index (κ1) is 15.5. The summed E-state index contributed by atoms with van der Waals surface area (Å²) in [6, 6.07) is 8.82. The molecule has 2 atom stereocenters. The lowest BCUT2D eigenvalue weighted by Crippen LogP contribution is -2.45. The first-order chi connectivity index (χ1) is 10.6. The molecule has 1 amide bonds. The van der Waals surface area contributed by atoms with Gasteiger partial charge in [-0.2, -0.15) is 0 Å². The number of sulfone groups is 1. The summed E-state index contributed by atoms with van der Waals surface area (Å²) in [7, 11) is -3.02. The van der Waals surface area contributed by atoms with Gasteiger partial charge in [0.1, 0.15) is 0 Å². The quantitative estimate of drug-likeness (QED) is 0.842. The van der Waals surface area contributed by atoms with Crippen LogP contribution in [0.3, 0.4) is 0 Å². The molecule has 120 valence electrons. The van der Waals surface area contributed by atoms with E-state index in [1.165, 1.54) is 0 Å². The zero-order chi connectivity index (χ0) is 15.6. The first-order valence-corrected chi connectivity index (χ1v) is 9.55. The van der Waals surface area contributed by atoms with E-state index < -0.39 is 9.84 Å². The van der Waals surface area contributed by atoms with Gasteiger partial charge in [-0.25, -0.2) is 8.42 Å². The molecule has 0 saturated carbocycles. The van der Waals surface area contributed by atoms with Crippen molar-refractivity contribution in [1.82, 2.24) is 4.90 Å². The second kappa shape index (κ2) is 6.38. The average molecular weight is 323 g/mol. The molecule has 2 aliphatic rings. The van der Waals surface area contributed by atoms with E-state index in [4.69, 9.17) is 4.74 Å². The summed E-state index contributed by atoms with van der Waals surface area (Å²) in [5, 5.41) is 0. The lowest BCUT2D eigenvalue weighted by atomic mass is 10.1. The van der Waals surface area contributed by atoms with Crippen molar-refractivity contribution < 1.29 is 17.9 Å². The Bertz CT molecular complexity index is 623. The molecule has 1 aromatic carbocycles. The topological polar surface area (TPSA) is 63.7 Å². The van der Waals surface area contributed by atoms with E-state index in [2.05, 4.69) is 0 Å². The Kier molecular flexibility index (Phi) is 4.49. The van der Waals surface area contributed by atoms with Crippen molar-refractivity contribution in [2.75, 3.05) is 24.7 Å². The van der Waals surface area contributed by atoms with Gasteiger partial charge in [0, 0.05) is 24.8 Å². The van der Waals surface area contributed by atoms with Crippen molar-refractivity contribution >= 4 is 15.7 Å². The van der Waals surface area contributed by atoms with E-state index in [0.29, 0.717) is 18.5 Å². The number of amides is 1. The molecule has 22 heavy (non-hydrogen) atoms. The van der Waals surface area contributed by atoms with Gasteiger partial charge in [0.25, 0.3) is 5.91 Å². The Morgan fingerprint density at radius 2 is 2.00 bits per heavy atom. The summed E-state index contributed by atoms with van der Waals surface area (Å²) in [6.45, 7) is 1.20. The zero-order valence-corrected chi connectivity index (χ0v) is 13.3. The van der Waals surface area contributed by atoms with Crippen molar-refractivity contribution in [2.24, 2.45) is 0 Å². The highest BCUT2D eigenvalue weighted by Gasteiger charge is 2.36. The number of carbonyl (C=O) groups excluding carboxylic acids is 1. The molecule has 0 spiro atoms. The van der Waals surface area contributed by atoms with E-state index in [1.807, 2.05) is 18.2 Å². The van der Waals surface area contributed by atoms with E-state index in [9.17, 15) is 13.2 Å². The van der Waals surface area contributed by atoms with Crippen molar-refractivity contribution in [1.29, 1.82) is 0 Å². The van der Waals surface area contributed by atoms with Gasteiger partial charge in [-0.3, -0.25) is 4.79 Å². The fourth-order valence-electron chi connectivity index (χ4n) is 3.17. The maximum absolute atomic E-state index is 12.8. The molecule has 2 fully saturated rings. The summed E-state index contributed by atoms with van der Waals surface area (Å²) >= 11 is 0. The van der Waals surface area contributed by atoms with Gasteiger partial charge in [-0.1, -0.05) is 18.2 Å². The minimum absolute atomic E-state index is 0.0240. The van der Waals surface area contributed by atoms with Gasteiger partial charge in [0.15, 0.2) is 9.84 Å². The van der Waals surface area contributed by atoms with Crippen LogP contribution in [0.2, 0.25) is 0 Å². The molecule has 0 bridgehead atoms. The largest absolute Gasteiger partial charge is 0.376 e. The molecule has 5 nitrogen and oxygen atoms in total. The standard InChI is InChI=1S/C16H21NO4S/c18-16(13-5-2-1-3-6-13)17(11-15-7-4-9-21-15)14-8-10-22(19,20)12-14/h1-3,5-6,14-15H,4,7-12H2. The van der Waals surface area contributed by atoms with Crippen LogP contribution in [0.15, 0.2) is 30.3 Å². The molecule has 0 radical (unpaired) electrons. The number of carbonyl (C=O) groups is 1. The van der Waals surface area contributed by atoms with Gasteiger partial charge in [-0.05, 0) is 31.4 Å². The molecule has 1 aromatic rings. The predicted octanol–water partition coefficient (Wildman–Crippen LogP) is 1.49. The summed E-state index contributed by atoms with van der Waals surface area (Å²) < 4.78 is 29.2. The van der Waals surface area contributed by atoms with Crippen LogP contribution in [-0.2, 0) is 14.6 Å². The second-order valence-electron chi connectivity index (χ2n) is 6.02. The molecular formula is C16H21NO4S. The molecule has 0 N–H and O–H groups in total. The van der Waals surface area contributed by atoms with Crippen LogP contribution in [0.25, 0.3) is 0 Å². The third-order valence-corrected chi connectivity index (χ3v) is 6.11. The van der Waals surface area contributed by atoms with Gasteiger partial charge in [0.05, 0.1) is 17.6 Å². The van der Waals surface area contributed by atoms with E-state index in [-0.39, 0.29) is 29.6 Å². The third kappa shape index (κ3) is 3.50. The maximum Gasteiger partial charge on any atom is 0.254 e. The van der Waals surface area contributed by atoms with E-state index >= 15 is 0 Å². The van der Waals surface area contributed by atoms with Crippen molar-refractivity contribution in [3.63, 3.8) is 0 Å². The number of hydrogen-bond acceptors (Lipinski definition) is 4. The molecule has 2 unspecified atom stereocenters. The van der Waals surface area contributed by atoms with Crippen LogP contribution in [0.5, 0.6) is 0 Å². The van der Waals surface area contributed by atoms with Crippen molar-refractivity contribution in [2.45, 2.75) is 31.4 Å².